The Balaban J connectivity index is 1.84. The number of nitrogens with one attached hydrogen (secondary N) is 1. The summed E-state index contributed by atoms with van der Waals surface area (Å²) >= 11 is 0. The summed E-state index contributed by atoms with van der Waals surface area (Å²) in [4.78, 5) is 4.04. The van der Waals surface area contributed by atoms with Gasteiger partial charge in [-0.2, -0.15) is 17.5 Å². The molecular formula is C15H18F6N4O3S. The summed E-state index contributed by atoms with van der Waals surface area (Å²) in [5.74, 6) is -0.600. The van der Waals surface area contributed by atoms with E-state index in [4.69, 9.17) is 5.73 Å². The maximum Gasteiger partial charge on any atom is 0.573 e. The Morgan fingerprint density at radius 1 is 1.14 bits per heavy atom. The number of rotatable bonds is 5. The van der Waals surface area contributed by atoms with Crippen LogP contribution < -0.4 is 15.8 Å². The Labute approximate surface area is 162 Å². The van der Waals surface area contributed by atoms with Crippen molar-refractivity contribution in [2.24, 2.45) is 16.6 Å². The Morgan fingerprint density at radius 2 is 1.69 bits per heavy atom. The van der Waals surface area contributed by atoms with Gasteiger partial charge in [-0.15, -0.1) is 13.2 Å². The molecule has 29 heavy (non-hydrogen) atoms. The molecule has 1 aliphatic rings. The lowest BCUT2D eigenvalue weighted by molar-refractivity contribution is -0.274. The molecule has 1 aromatic rings. The van der Waals surface area contributed by atoms with Crippen LogP contribution in [0.3, 0.4) is 0 Å². The first-order chi connectivity index (χ1) is 13.3. The van der Waals surface area contributed by atoms with Crippen LogP contribution in [0.4, 0.5) is 32.0 Å². The van der Waals surface area contributed by atoms with E-state index in [1.54, 1.807) is 0 Å². The minimum absolute atomic E-state index is 0.0418. The lowest BCUT2D eigenvalue weighted by Gasteiger charge is -2.30. The highest BCUT2D eigenvalue weighted by Crippen LogP contribution is 2.30. The number of alkyl halides is 6. The Bertz CT molecular complexity index is 816. The molecule has 1 saturated heterocycles. The topological polar surface area (TPSA) is 97.0 Å². The number of hydrogen-bond acceptors (Lipinski definition) is 4. The molecule has 0 unspecified atom stereocenters. The molecule has 1 fully saturated rings. The monoisotopic (exact) mass is 448 g/mol. The summed E-state index contributed by atoms with van der Waals surface area (Å²) in [5.41, 5.74) is 0.716. The summed E-state index contributed by atoms with van der Waals surface area (Å²) in [5, 5.41) is 2.66. The van der Waals surface area contributed by atoms with E-state index < -0.39 is 27.6 Å². The fraction of sp³-hybridized carbons (Fsp3) is 0.533. The molecule has 164 valence electrons. The number of piperidine rings is 1. The lowest BCUT2D eigenvalue weighted by atomic mass is 9.98. The highest BCUT2D eigenvalue weighted by atomic mass is 32.2. The van der Waals surface area contributed by atoms with Gasteiger partial charge in [-0.05, 0) is 43.0 Å². The number of ether oxygens (including phenoxy) is 1. The van der Waals surface area contributed by atoms with Crippen molar-refractivity contribution in [3.63, 3.8) is 0 Å². The van der Waals surface area contributed by atoms with E-state index in [0.29, 0.717) is 9.99 Å². The van der Waals surface area contributed by atoms with Crippen molar-refractivity contribution in [2.45, 2.75) is 24.7 Å². The Morgan fingerprint density at radius 3 is 2.17 bits per heavy atom. The second-order valence-electron chi connectivity index (χ2n) is 6.22. The molecule has 0 aromatic heterocycles. The zero-order valence-corrected chi connectivity index (χ0v) is 15.6. The van der Waals surface area contributed by atoms with Gasteiger partial charge in [0.15, 0.2) is 5.96 Å². The summed E-state index contributed by atoms with van der Waals surface area (Å²) in [6, 6.07) is 4.76. The number of sulfonamides is 1. The molecule has 0 radical (unpaired) electrons. The quantitative estimate of drug-likeness (QED) is 0.410. The van der Waals surface area contributed by atoms with Crippen LogP contribution in [0.25, 0.3) is 0 Å². The van der Waals surface area contributed by atoms with Crippen LogP contribution in [-0.2, 0) is 10.0 Å². The summed E-state index contributed by atoms with van der Waals surface area (Å²) < 4.78 is 101. The minimum atomic E-state index is -5.33. The molecule has 2 rings (SSSR count). The van der Waals surface area contributed by atoms with Gasteiger partial charge in [0, 0.05) is 25.3 Å². The number of aliphatic imine (C=N–C) groups is 1. The molecular weight excluding hydrogens is 430 g/mol. The summed E-state index contributed by atoms with van der Waals surface area (Å²) in [6.45, 7) is -0.375. The van der Waals surface area contributed by atoms with Crippen molar-refractivity contribution >= 4 is 21.7 Å². The second-order valence-corrected chi connectivity index (χ2v) is 8.15. The molecule has 1 aliphatic heterocycles. The van der Waals surface area contributed by atoms with Crippen LogP contribution in [0.1, 0.15) is 12.8 Å². The molecule has 14 heteroatoms. The average Bonchev–Trinajstić information content (AvgIpc) is 2.60. The first kappa shape index (κ1) is 23.1. The lowest BCUT2D eigenvalue weighted by Crippen LogP contribution is -2.45. The van der Waals surface area contributed by atoms with Gasteiger partial charge in [-0.3, -0.25) is 4.99 Å². The molecule has 0 saturated carbocycles. The van der Waals surface area contributed by atoms with Gasteiger partial charge in [-0.25, -0.2) is 8.42 Å². The van der Waals surface area contributed by atoms with E-state index in [1.165, 1.54) is 12.1 Å². The average molecular weight is 448 g/mol. The second kappa shape index (κ2) is 8.65. The number of guanidine groups is 1. The van der Waals surface area contributed by atoms with E-state index in [1.807, 2.05) is 0 Å². The van der Waals surface area contributed by atoms with Gasteiger partial charge < -0.3 is 15.8 Å². The van der Waals surface area contributed by atoms with E-state index in [2.05, 4.69) is 15.0 Å². The van der Waals surface area contributed by atoms with Gasteiger partial charge in [0.2, 0.25) is 0 Å². The van der Waals surface area contributed by atoms with Crippen LogP contribution in [-0.4, -0.2) is 50.2 Å². The smallest absolute Gasteiger partial charge is 0.406 e. The Hall–Kier alpha value is -2.22. The van der Waals surface area contributed by atoms with Gasteiger partial charge in [0.1, 0.15) is 5.75 Å². The third-order valence-electron chi connectivity index (χ3n) is 4.09. The minimum Gasteiger partial charge on any atom is -0.406 e. The van der Waals surface area contributed by atoms with Crippen molar-refractivity contribution in [1.82, 2.24) is 4.31 Å². The molecule has 0 aliphatic carbocycles. The molecule has 0 spiro atoms. The van der Waals surface area contributed by atoms with E-state index in [0.717, 1.165) is 12.1 Å². The van der Waals surface area contributed by atoms with E-state index >= 15 is 0 Å². The summed E-state index contributed by atoms with van der Waals surface area (Å²) in [6.07, 6.45) is -4.42. The van der Waals surface area contributed by atoms with Crippen molar-refractivity contribution in [1.29, 1.82) is 0 Å². The van der Waals surface area contributed by atoms with Crippen LogP contribution >= 0.6 is 0 Å². The van der Waals surface area contributed by atoms with E-state index in [-0.39, 0.29) is 44.4 Å². The van der Waals surface area contributed by atoms with Gasteiger partial charge in [-0.1, -0.05) is 0 Å². The number of nitrogens with zero attached hydrogens (tertiary/aromatic N) is 2. The predicted molar refractivity (Wildman–Crippen MR) is 92.5 cm³/mol. The third kappa shape index (κ3) is 6.66. The molecule has 0 bridgehead atoms. The molecule has 0 atom stereocenters. The molecule has 1 heterocycles. The standard InChI is InChI=1S/C15H18F6N4O3S/c16-14(17,18)28-12-3-1-11(2-4-12)24-13(22)23-9-10-5-7-25(8-6-10)29(26,27)15(19,20)21/h1-4,10H,5-9H2,(H3,22,23,24). The fourth-order valence-electron chi connectivity index (χ4n) is 2.63. The first-order valence-electron chi connectivity index (χ1n) is 8.27. The van der Waals surface area contributed by atoms with Crippen LogP contribution in [0.15, 0.2) is 29.3 Å². The largest absolute Gasteiger partial charge is 0.573 e. The summed E-state index contributed by atoms with van der Waals surface area (Å²) in [7, 11) is -5.33. The van der Waals surface area contributed by atoms with Gasteiger partial charge >= 0.3 is 21.9 Å². The fourth-order valence-corrected chi connectivity index (χ4v) is 3.62. The normalized spacial score (nSPS) is 17.9. The first-order valence-corrected chi connectivity index (χ1v) is 9.71. The Kier molecular flexibility index (Phi) is 6.88. The number of anilines is 1. The van der Waals surface area contributed by atoms with Crippen LogP contribution in [0, 0.1) is 5.92 Å². The van der Waals surface area contributed by atoms with Crippen LogP contribution in [0.2, 0.25) is 0 Å². The van der Waals surface area contributed by atoms with Crippen molar-refractivity contribution < 1.29 is 39.5 Å². The molecule has 7 nitrogen and oxygen atoms in total. The molecule has 0 amide bonds. The number of benzene rings is 1. The third-order valence-corrected chi connectivity index (χ3v) is 5.72. The van der Waals surface area contributed by atoms with Crippen LogP contribution in [0.5, 0.6) is 5.75 Å². The SMILES string of the molecule is NC(=NCC1CCN(S(=O)(=O)C(F)(F)F)CC1)Nc1ccc(OC(F)(F)F)cc1. The number of hydrogen-bond donors (Lipinski definition) is 2. The molecule has 1 aromatic carbocycles. The van der Waals surface area contributed by atoms with Gasteiger partial charge in [0.25, 0.3) is 0 Å². The van der Waals surface area contributed by atoms with Crippen molar-refractivity contribution in [3.8, 4) is 5.75 Å². The predicted octanol–water partition coefficient (Wildman–Crippen LogP) is 2.87. The van der Waals surface area contributed by atoms with Crippen molar-refractivity contribution in [2.75, 3.05) is 25.0 Å². The van der Waals surface area contributed by atoms with Gasteiger partial charge in [0.05, 0.1) is 0 Å². The maximum atomic E-state index is 12.5. The molecule has 3 N–H and O–H groups in total. The number of halogens is 6. The zero-order chi connectivity index (χ0) is 21.9. The number of nitrogens with two attached hydrogens (primary N) is 1. The maximum absolute atomic E-state index is 12.5. The highest BCUT2D eigenvalue weighted by Gasteiger charge is 2.50. The van der Waals surface area contributed by atoms with Crippen molar-refractivity contribution in [3.05, 3.63) is 24.3 Å². The zero-order valence-electron chi connectivity index (χ0n) is 14.8. The van der Waals surface area contributed by atoms with E-state index in [9.17, 15) is 34.8 Å². The highest BCUT2D eigenvalue weighted by molar-refractivity contribution is 7.90.